The second-order valence-electron chi connectivity index (χ2n) is 4.68. The summed E-state index contributed by atoms with van der Waals surface area (Å²) >= 11 is 7.23. The summed E-state index contributed by atoms with van der Waals surface area (Å²) < 4.78 is 7.05. The van der Waals surface area contributed by atoms with Gasteiger partial charge in [0.05, 0.1) is 5.69 Å². The van der Waals surface area contributed by atoms with Crippen molar-refractivity contribution in [2.75, 3.05) is 6.26 Å². The molecule has 0 saturated heterocycles. The fraction of sp³-hybridized carbons (Fsp3) is 0.0588. The Balaban J connectivity index is 1.88. The Morgan fingerprint density at radius 1 is 1.13 bits per heavy atom. The van der Waals surface area contributed by atoms with E-state index < -0.39 is 5.97 Å². The van der Waals surface area contributed by atoms with Gasteiger partial charge in [0.2, 0.25) is 0 Å². The molecule has 0 N–H and O–H groups in total. The standard InChI is InChI=1S/C17H13ClN2O2S/c1-23-16-15(11-20(19-16)13-5-3-2-4-6-13)17(21)22-14-9-7-12(18)8-10-14/h2-11H,1H3. The Morgan fingerprint density at radius 3 is 2.48 bits per heavy atom. The largest absolute Gasteiger partial charge is 0.423 e. The lowest BCUT2D eigenvalue weighted by molar-refractivity contribution is 0.0731. The first kappa shape index (κ1) is 15.6. The summed E-state index contributed by atoms with van der Waals surface area (Å²) in [6, 6.07) is 16.3. The van der Waals surface area contributed by atoms with Gasteiger partial charge in [-0.05, 0) is 42.7 Å². The molecule has 0 atom stereocenters. The van der Waals surface area contributed by atoms with Gasteiger partial charge in [-0.15, -0.1) is 11.8 Å². The molecule has 0 aliphatic heterocycles. The van der Waals surface area contributed by atoms with Crippen molar-refractivity contribution in [1.29, 1.82) is 0 Å². The number of carbonyl (C=O) groups is 1. The van der Waals surface area contributed by atoms with Crippen molar-refractivity contribution in [3.63, 3.8) is 0 Å². The predicted molar refractivity (Wildman–Crippen MR) is 91.8 cm³/mol. The van der Waals surface area contributed by atoms with E-state index >= 15 is 0 Å². The zero-order valence-corrected chi connectivity index (χ0v) is 13.8. The Hall–Kier alpha value is -2.24. The van der Waals surface area contributed by atoms with Crippen LogP contribution in [0.25, 0.3) is 5.69 Å². The molecule has 0 aliphatic carbocycles. The minimum atomic E-state index is -0.446. The molecule has 0 amide bonds. The number of carbonyl (C=O) groups excluding carboxylic acids is 1. The molecule has 3 rings (SSSR count). The molecule has 23 heavy (non-hydrogen) atoms. The molecule has 3 aromatic rings. The van der Waals surface area contributed by atoms with Crippen molar-refractivity contribution < 1.29 is 9.53 Å². The van der Waals surface area contributed by atoms with Crippen molar-refractivity contribution >= 4 is 29.3 Å². The first-order valence-electron chi connectivity index (χ1n) is 6.84. The molecular weight excluding hydrogens is 332 g/mol. The minimum absolute atomic E-state index is 0.427. The molecular formula is C17H13ClN2O2S. The highest BCUT2D eigenvalue weighted by atomic mass is 35.5. The summed E-state index contributed by atoms with van der Waals surface area (Å²) in [5.41, 5.74) is 1.31. The van der Waals surface area contributed by atoms with Crippen molar-refractivity contribution in [3.8, 4) is 11.4 Å². The Morgan fingerprint density at radius 2 is 1.83 bits per heavy atom. The quantitative estimate of drug-likeness (QED) is 0.398. The smallest absolute Gasteiger partial charge is 0.347 e. The van der Waals surface area contributed by atoms with Crippen LogP contribution in [-0.2, 0) is 0 Å². The molecule has 0 bridgehead atoms. The Labute approximate surface area is 143 Å². The summed E-state index contributed by atoms with van der Waals surface area (Å²) in [6.07, 6.45) is 3.55. The summed E-state index contributed by atoms with van der Waals surface area (Å²) in [5, 5.41) is 5.64. The summed E-state index contributed by atoms with van der Waals surface area (Å²) in [6.45, 7) is 0. The number of halogens is 1. The van der Waals surface area contributed by atoms with Gasteiger partial charge in [0.15, 0.2) is 0 Å². The average Bonchev–Trinajstić information content (AvgIpc) is 3.02. The van der Waals surface area contributed by atoms with E-state index in [9.17, 15) is 4.79 Å². The number of thioether (sulfide) groups is 1. The van der Waals surface area contributed by atoms with Crippen LogP contribution in [0.2, 0.25) is 5.02 Å². The lowest BCUT2D eigenvalue weighted by atomic mass is 10.3. The number of hydrogen-bond donors (Lipinski definition) is 0. The van der Waals surface area contributed by atoms with E-state index in [1.54, 1.807) is 35.1 Å². The fourth-order valence-corrected chi connectivity index (χ4v) is 2.68. The van der Waals surface area contributed by atoms with Crippen LogP contribution in [0.15, 0.2) is 65.8 Å². The maximum Gasteiger partial charge on any atom is 0.347 e. The van der Waals surface area contributed by atoms with Crippen LogP contribution in [0.1, 0.15) is 10.4 Å². The van der Waals surface area contributed by atoms with Gasteiger partial charge in [-0.2, -0.15) is 5.10 Å². The lowest BCUT2D eigenvalue weighted by Gasteiger charge is -2.03. The lowest BCUT2D eigenvalue weighted by Crippen LogP contribution is -2.08. The highest BCUT2D eigenvalue weighted by molar-refractivity contribution is 7.98. The zero-order valence-electron chi connectivity index (χ0n) is 12.3. The van der Waals surface area contributed by atoms with Crippen LogP contribution in [0, 0.1) is 0 Å². The van der Waals surface area contributed by atoms with Gasteiger partial charge in [-0.1, -0.05) is 29.8 Å². The molecule has 4 nitrogen and oxygen atoms in total. The van der Waals surface area contributed by atoms with Crippen LogP contribution in [0.4, 0.5) is 0 Å². The number of hydrogen-bond acceptors (Lipinski definition) is 4. The Bertz CT molecular complexity index is 816. The molecule has 1 heterocycles. The van der Waals surface area contributed by atoms with E-state index in [0.717, 1.165) is 5.69 Å². The first-order chi connectivity index (χ1) is 11.2. The number of ether oxygens (including phenoxy) is 1. The molecule has 0 radical (unpaired) electrons. The van der Waals surface area contributed by atoms with Gasteiger partial charge in [0.25, 0.3) is 0 Å². The zero-order chi connectivity index (χ0) is 16.2. The van der Waals surface area contributed by atoms with Crippen LogP contribution < -0.4 is 4.74 Å². The van der Waals surface area contributed by atoms with Crippen molar-refractivity contribution in [2.24, 2.45) is 0 Å². The Kier molecular flexibility index (Phi) is 4.69. The molecule has 0 unspecified atom stereocenters. The van der Waals surface area contributed by atoms with Gasteiger partial charge >= 0.3 is 5.97 Å². The van der Waals surface area contributed by atoms with Gasteiger partial charge in [0.1, 0.15) is 16.3 Å². The predicted octanol–water partition coefficient (Wildman–Crippen LogP) is 4.47. The first-order valence-corrected chi connectivity index (χ1v) is 8.44. The molecule has 6 heteroatoms. The topological polar surface area (TPSA) is 44.1 Å². The van der Waals surface area contributed by atoms with Gasteiger partial charge in [-0.3, -0.25) is 0 Å². The van der Waals surface area contributed by atoms with Crippen LogP contribution >= 0.6 is 23.4 Å². The number of rotatable bonds is 4. The third kappa shape index (κ3) is 3.57. The summed E-state index contributed by atoms with van der Waals surface area (Å²) in [5.74, 6) is -0.00207. The van der Waals surface area contributed by atoms with Crippen LogP contribution in [0.3, 0.4) is 0 Å². The normalized spacial score (nSPS) is 10.5. The van der Waals surface area contributed by atoms with Crippen molar-refractivity contribution in [1.82, 2.24) is 9.78 Å². The number of para-hydroxylation sites is 1. The monoisotopic (exact) mass is 344 g/mol. The SMILES string of the molecule is CSc1nn(-c2ccccc2)cc1C(=O)Oc1ccc(Cl)cc1. The molecule has 116 valence electrons. The minimum Gasteiger partial charge on any atom is -0.423 e. The van der Waals surface area contributed by atoms with Gasteiger partial charge < -0.3 is 4.74 Å². The second kappa shape index (κ2) is 6.89. The van der Waals surface area contributed by atoms with Gasteiger partial charge in [-0.25, -0.2) is 9.48 Å². The third-order valence-electron chi connectivity index (χ3n) is 3.14. The van der Waals surface area contributed by atoms with E-state index in [2.05, 4.69) is 5.10 Å². The maximum absolute atomic E-state index is 12.4. The molecule has 0 aliphatic rings. The molecule has 0 spiro atoms. The number of benzene rings is 2. The third-order valence-corrected chi connectivity index (χ3v) is 4.08. The van der Waals surface area contributed by atoms with Crippen LogP contribution in [-0.4, -0.2) is 22.0 Å². The van der Waals surface area contributed by atoms with E-state index in [0.29, 0.717) is 21.4 Å². The number of nitrogens with zero attached hydrogens (tertiary/aromatic N) is 2. The highest BCUT2D eigenvalue weighted by Crippen LogP contribution is 2.23. The summed E-state index contributed by atoms with van der Waals surface area (Å²) in [4.78, 5) is 12.4. The van der Waals surface area contributed by atoms with E-state index in [4.69, 9.17) is 16.3 Å². The average molecular weight is 345 g/mol. The highest BCUT2D eigenvalue weighted by Gasteiger charge is 2.18. The molecule has 2 aromatic carbocycles. The van der Waals surface area contributed by atoms with E-state index in [-0.39, 0.29) is 0 Å². The van der Waals surface area contributed by atoms with E-state index in [1.165, 1.54) is 11.8 Å². The number of esters is 1. The molecule has 0 fully saturated rings. The van der Waals surface area contributed by atoms with Crippen LogP contribution in [0.5, 0.6) is 5.75 Å². The number of aromatic nitrogens is 2. The summed E-state index contributed by atoms with van der Waals surface area (Å²) in [7, 11) is 0. The maximum atomic E-state index is 12.4. The van der Waals surface area contributed by atoms with Crippen molar-refractivity contribution in [2.45, 2.75) is 5.03 Å². The van der Waals surface area contributed by atoms with Crippen molar-refractivity contribution in [3.05, 3.63) is 71.4 Å². The fourth-order valence-electron chi connectivity index (χ4n) is 2.03. The van der Waals surface area contributed by atoms with E-state index in [1.807, 2.05) is 36.6 Å². The van der Waals surface area contributed by atoms with Gasteiger partial charge in [0, 0.05) is 11.2 Å². The molecule has 0 saturated carbocycles. The second-order valence-corrected chi connectivity index (χ2v) is 5.91. The molecule has 1 aromatic heterocycles.